The fraction of sp³-hybridized carbons (Fsp3) is 0.167. The maximum atomic E-state index is 12.0. The number of methoxy groups -OCH3 is 1. The lowest BCUT2D eigenvalue weighted by atomic mass is 10.2. The van der Waals surface area contributed by atoms with Gasteiger partial charge in [-0.25, -0.2) is 0 Å². The molecule has 0 aliphatic heterocycles. The van der Waals surface area contributed by atoms with E-state index in [0.29, 0.717) is 41.1 Å². The number of nitrogens with zero attached hydrogens (tertiary/aromatic N) is 2. The van der Waals surface area contributed by atoms with Crippen molar-refractivity contribution in [1.82, 2.24) is 15.5 Å². The third-order valence-electron chi connectivity index (χ3n) is 3.51. The summed E-state index contributed by atoms with van der Waals surface area (Å²) in [5.74, 6) is 1.41. The molecule has 0 bridgehead atoms. The van der Waals surface area contributed by atoms with E-state index in [9.17, 15) is 4.79 Å². The summed E-state index contributed by atoms with van der Waals surface area (Å²) < 4.78 is 10.8. The Hall–Kier alpha value is -2.86. The number of aromatic nitrogens is 2. The standard InChI is InChI=1S/C18H16ClN3O3/c1-24-15-4-2-3-13(11-15)18-22-21-16(25-18)9-10-20-17(23)12-5-7-14(19)8-6-12/h2-8,11H,9-10H2,1H3,(H,20,23). The number of nitrogens with one attached hydrogen (secondary N) is 1. The van der Waals surface area contributed by atoms with Crippen molar-refractivity contribution < 1.29 is 13.9 Å². The minimum absolute atomic E-state index is 0.177. The summed E-state index contributed by atoms with van der Waals surface area (Å²) in [7, 11) is 1.60. The zero-order valence-corrected chi connectivity index (χ0v) is 14.3. The molecule has 1 amide bonds. The van der Waals surface area contributed by atoms with E-state index in [2.05, 4.69) is 15.5 Å². The lowest BCUT2D eigenvalue weighted by Crippen LogP contribution is -2.25. The summed E-state index contributed by atoms with van der Waals surface area (Å²) in [6, 6.07) is 14.1. The minimum Gasteiger partial charge on any atom is -0.497 e. The fourth-order valence-electron chi connectivity index (χ4n) is 2.21. The summed E-state index contributed by atoms with van der Waals surface area (Å²) in [6.07, 6.45) is 0.441. The molecule has 0 saturated carbocycles. The van der Waals surface area contributed by atoms with E-state index in [0.717, 1.165) is 5.56 Å². The third kappa shape index (κ3) is 4.36. The lowest BCUT2D eigenvalue weighted by molar-refractivity contribution is 0.0953. The zero-order valence-electron chi connectivity index (χ0n) is 13.5. The maximum absolute atomic E-state index is 12.0. The number of carbonyl (C=O) groups excluding carboxylic acids is 1. The highest BCUT2D eigenvalue weighted by atomic mass is 35.5. The van der Waals surface area contributed by atoms with Crippen LogP contribution in [-0.2, 0) is 6.42 Å². The Labute approximate surface area is 149 Å². The first-order chi connectivity index (χ1) is 12.2. The molecule has 2 aromatic carbocycles. The molecule has 0 aliphatic rings. The van der Waals surface area contributed by atoms with Crippen LogP contribution < -0.4 is 10.1 Å². The first-order valence-electron chi connectivity index (χ1n) is 7.66. The smallest absolute Gasteiger partial charge is 0.251 e. The Bertz CT molecular complexity index is 862. The van der Waals surface area contributed by atoms with Crippen LogP contribution in [0.5, 0.6) is 5.75 Å². The van der Waals surface area contributed by atoms with Crippen molar-refractivity contribution in [3.05, 3.63) is 65.0 Å². The molecule has 6 nitrogen and oxygen atoms in total. The normalized spacial score (nSPS) is 10.5. The second kappa shape index (κ2) is 7.81. The van der Waals surface area contributed by atoms with Gasteiger partial charge in [-0.3, -0.25) is 4.79 Å². The van der Waals surface area contributed by atoms with Crippen LogP contribution in [0.1, 0.15) is 16.2 Å². The number of carbonyl (C=O) groups is 1. The van der Waals surface area contributed by atoms with Gasteiger partial charge in [-0.2, -0.15) is 0 Å². The largest absolute Gasteiger partial charge is 0.497 e. The van der Waals surface area contributed by atoms with Gasteiger partial charge in [-0.15, -0.1) is 10.2 Å². The van der Waals surface area contributed by atoms with Gasteiger partial charge in [0, 0.05) is 29.1 Å². The average Bonchev–Trinajstić information content (AvgIpc) is 3.11. The Kier molecular flexibility index (Phi) is 5.30. The number of benzene rings is 2. The molecule has 7 heteroatoms. The first kappa shape index (κ1) is 17.0. The summed E-state index contributed by atoms with van der Waals surface area (Å²) in [5, 5.41) is 11.4. The van der Waals surface area contributed by atoms with Gasteiger partial charge in [0.15, 0.2) is 0 Å². The van der Waals surface area contributed by atoms with Crippen LogP contribution in [0.4, 0.5) is 0 Å². The third-order valence-corrected chi connectivity index (χ3v) is 3.77. The number of ether oxygens (including phenoxy) is 1. The molecule has 25 heavy (non-hydrogen) atoms. The molecule has 0 atom stereocenters. The van der Waals surface area contributed by atoms with Crippen LogP contribution in [0.2, 0.25) is 5.02 Å². The molecule has 3 aromatic rings. The number of halogens is 1. The molecule has 128 valence electrons. The molecule has 0 unspecified atom stereocenters. The molecule has 0 aliphatic carbocycles. The number of hydrogen-bond acceptors (Lipinski definition) is 5. The molecule has 1 aromatic heterocycles. The van der Waals surface area contributed by atoms with E-state index in [1.54, 1.807) is 31.4 Å². The molecular formula is C18H16ClN3O3. The fourth-order valence-corrected chi connectivity index (χ4v) is 2.34. The summed E-state index contributed by atoms with van der Waals surface area (Å²) >= 11 is 5.81. The van der Waals surface area contributed by atoms with Crippen LogP contribution in [0.3, 0.4) is 0 Å². The van der Waals surface area contributed by atoms with E-state index in [1.165, 1.54) is 0 Å². The molecule has 0 saturated heterocycles. The van der Waals surface area contributed by atoms with E-state index in [-0.39, 0.29) is 5.91 Å². The van der Waals surface area contributed by atoms with E-state index in [1.807, 2.05) is 24.3 Å². The quantitative estimate of drug-likeness (QED) is 0.731. The lowest BCUT2D eigenvalue weighted by Gasteiger charge is -2.03. The zero-order chi connectivity index (χ0) is 17.6. The van der Waals surface area contributed by atoms with Gasteiger partial charge in [-0.1, -0.05) is 17.7 Å². The minimum atomic E-state index is -0.177. The Morgan fingerprint density at radius 3 is 2.76 bits per heavy atom. The van der Waals surface area contributed by atoms with E-state index in [4.69, 9.17) is 20.8 Å². The predicted octanol–water partition coefficient (Wildman–Crippen LogP) is 3.37. The topological polar surface area (TPSA) is 77.3 Å². The van der Waals surface area contributed by atoms with Gasteiger partial charge in [0.05, 0.1) is 7.11 Å². The van der Waals surface area contributed by atoms with Crippen LogP contribution in [0, 0.1) is 0 Å². The highest BCUT2D eigenvalue weighted by Gasteiger charge is 2.10. The van der Waals surface area contributed by atoms with Crippen LogP contribution in [0.15, 0.2) is 52.9 Å². The molecular weight excluding hydrogens is 342 g/mol. The molecule has 3 rings (SSSR count). The van der Waals surface area contributed by atoms with Crippen molar-refractivity contribution in [2.75, 3.05) is 13.7 Å². The van der Waals surface area contributed by atoms with Crippen molar-refractivity contribution in [3.63, 3.8) is 0 Å². The molecule has 1 N–H and O–H groups in total. The first-order valence-corrected chi connectivity index (χ1v) is 8.04. The van der Waals surface area contributed by atoms with Gasteiger partial charge < -0.3 is 14.5 Å². The van der Waals surface area contributed by atoms with Gasteiger partial charge in [0.2, 0.25) is 11.8 Å². The van der Waals surface area contributed by atoms with Gasteiger partial charge in [0.1, 0.15) is 5.75 Å². The number of amides is 1. The van der Waals surface area contributed by atoms with Gasteiger partial charge in [0.25, 0.3) is 5.91 Å². The Balaban J connectivity index is 1.56. The monoisotopic (exact) mass is 357 g/mol. The molecule has 0 radical (unpaired) electrons. The Morgan fingerprint density at radius 1 is 1.20 bits per heavy atom. The predicted molar refractivity (Wildman–Crippen MR) is 93.8 cm³/mol. The average molecular weight is 358 g/mol. The second-order valence-electron chi connectivity index (χ2n) is 5.25. The number of rotatable bonds is 6. The summed E-state index contributed by atoms with van der Waals surface area (Å²) in [6.45, 7) is 0.390. The molecule has 1 heterocycles. The molecule has 0 fully saturated rings. The Morgan fingerprint density at radius 2 is 2.00 bits per heavy atom. The van der Waals surface area contributed by atoms with Crippen molar-refractivity contribution in [1.29, 1.82) is 0 Å². The van der Waals surface area contributed by atoms with Crippen molar-refractivity contribution in [3.8, 4) is 17.2 Å². The van der Waals surface area contributed by atoms with Crippen LogP contribution in [0.25, 0.3) is 11.5 Å². The van der Waals surface area contributed by atoms with Crippen molar-refractivity contribution in [2.24, 2.45) is 0 Å². The van der Waals surface area contributed by atoms with Crippen molar-refractivity contribution >= 4 is 17.5 Å². The van der Waals surface area contributed by atoms with Crippen LogP contribution in [-0.4, -0.2) is 29.8 Å². The second-order valence-corrected chi connectivity index (χ2v) is 5.68. The van der Waals surface area contributed by atoms with Crippen molar-refractivity contribution in [2.45, 2.75) is 6.42 Å². The highest BCUT2D eigenvalue weighted by molar-refractivity contribution is 6.30. The van der Waals surface area contributed by atoms with Crippen LogP contribution >= 0.6 is 11.6 Å². The summed E-state index contributed by atoms with van der Waals surface area (Å²) in [4.78, 5) is 12.0. The van der Waals surface area contributed by atoms with E-state index >= 15 is 0 Å². The maximum Gasteiger partial charge on any atom is 0.251 e. The van der Waals surface area contributed by atoms with Gasteiger partial charge in [-0.05, 0) is 42.5 Å². The van der Waals surface area contributed by atoms with Gasteiger partial charge >= 0.3 is 0 Å². The number of hydrogen-bond donors (Lipinski definition) is 1. The van der Waals surface area contributed by atoms with E-state index < -0.39 is 0 Å². The highest BCUT2D eigenvalue weighted by Crippen LogP contribution is 2.22. The molecule has 0 spiro atoms. The SMILES string of the molecule is COc1cccc(-c2nnc(CCNC(=O)c3ccc(Cl)cc3)o2)c1. The summed E-state index contributed by atoms with van der Waals surface area (Å²) in [5.41, 5.74) is 1.33.